The first-order valence-electron chi connectivity index (χ1n) is 8.60. The summed E-state index contributed by atoms with van der Waals surface area (Å²) >= 11 is 10.5. The normalized spacial score (nSPS) is 15.2. The summed E-state index contributed by atoms with van der Waals surface area (Å²) in [5.41, 5.74) is -2.63. The van der Waals surface area contributed by atoms with Crippen molar-refractivity contribution in [1.82, 2.24) is 0 Å². The molecule has 0 saturated carbocycles. The molecule has 0 aliphatic carbocycles. The largest absolute Gasteiger partial charge is 0.455 e. The lowest BCUT2D eigenvalue weighted by molar-refractivity contribution is -0.307. The molecule has 0 heterocycles. The highest BCUT2D eigenvalue weighted by molar-refractivity contribution is 8.00. The van der Waals surface area contributed by atoms with Crippen molar-refractivity contribution < 1.29 is 84.6 Å². The fourth-order valence-electron chi connectivity index (χ4n) is 1.87. The summed E-state index contributed by atoms with van der Waals surface area (Å²) in [7, 11) is 0. The average molecular weight is 633 g/mol. The SMILES string of the molecule is FC(F)(F)C(F)(F)COCC(COCC(F)(F)C(F)(F)F)(COCC(F)(F)C(F)(F)F)COP(Cl)Cl. The van der Waals surface area contributed by atoms with Gasteiger partial charge in [-0.2, -0.15) is 65.9 Å². The molecular formula is C14H14Cl2F15O4P. The molecule has 0 aromatic carbocycles. The molecule has 0 aromatic rings. The quantitative estimate of drug-likeness (QED) is 0.140. The van der Waals surface area contributed by atoms with E-state index in [1.807, 2.05) is 0 Å². The van der Waals surface area contributed by atoms with Crippen LogP contribution in [-0.2, 0) is 18.7 Å². The summed E-state index contributed by atoms with van der Waals surface area (Å²) in [4.78, 5) is 0. The van der Waals surface area contributed by atoms with Gasteiger partial charge in [0, 0.05) is 0 Å². The number of hydrogen-bond acceptors (Lipinski definition) is 4. The Bertz CT molecular complexity index is 591. The van der Waals surface area contributed by atoms with Gasteiger partial charge in [-0.15, -0.1) is 0 Å². The molecule has 218 valence electrons. The highest BCUT2D eigenvalue weighted by Gasteiger charge is 2.60. The second kappa shape index (κ2) is 12.8. The van der Waals surface area contributed by atoms with Crippen LogP contribution in [0.5, 0.6) is 0 Å². The standard InChI is InChI=1S/C14H14Cl2F15O4P/c15-36(16)35-4-8(1-32-5-9(17,18)12(23,24)25,2-33-6-10(19,20)13(26,27)28)3-34-7-11(21,22)14(29,30)31/h1-7H2. The van der Waals surface area contributed by atoms with Gasteiger partial charge in [-0.3, -0.25) is 0 Å². The van der Waals surface area contributed by atoms with E-state index >= 15 is 0 Å². The van der Waals surface area contributed by atoms with Crippen LogP contribution in [0.3, 0.4) is 0 Å². The fraction of sp³-hybridized carbons (Fsp3) is 1.00. The third-order valence-electron chi connectivity index (χ3n) is 3.79. The first-order chi connectivity index (χ1) is 15.8. The molecule has 0 aromatic heterocycles. The Labute approximate surface area is 202 Å². The summed E-state index contributed by atoms with van der Waals surface area (Å²) in [5.74, 6) is -16.6. The molecule has 0 fully saturated rings. The van der Waals surface area contributed by atoms with E-state index in [0.29, 0.717) is 0 Å². The van der Waals surface area contributed by atoms with Crippen molar-refractivity contribution in [3.63, 3.8) is 0 Å². The van der Waals surface area contributed by atoms with Gasteiger partial charge in [0.05, 0.1) is 31.8 Å². The van der Waals surface area contributed by atoms with Crippen LogP contribution in [0.2, 0.25) is 0 Å². The van der Waals surface area contributed by atoms with Gasteiger partial charge >= 0.3 is 36.3 Å². The van der Waals surface area contributed by atoms with Gasteiger partial charge in [0.2, 0.25) is 6.85 Å². The Morgan fingerprint density at radius 2 is 0.667 bits per heavy atom. The number of alkyl halides is 15. The second-order valence-corrected chi connectivity index (χ2v) is 10.1. The van der Waals surface area contributed by atoms with Crippen LogP contribution >= 0.6 is 29.3 Å². The smallest absolute Gasteiger partial charge is 0.374 e. The Morgan fingerprint density at radius 1 is 0.417 bits per heavy atom. The van der Waals surface area contributed by atoms with Crippen molar-refractivity contribution in [2.24, 2.45) is 5.41 Å². The van der Waals surface area contributed by atoms with E-state index < -0.39 is 94.8 Å². The number of halogens is 17. The van der Waals surface area contributed by atoms with Crippen LogP contribution in [0.4, 0.5) is 65.9 Å². The number of hydrogen-bond donors (Lipinski definition) is 0. The average Bonchev–Trinajstić information content (AvgIpc) is 2.63. The van der Waals surface area contributed by atoms with Crippen LogP contribution in [0.25, 0.3) is 0 Å². The summed E-state index contributed by atoms with van der Waals surface area (Å²) in [5, 5.41) is 0. The van der Waals surface area contributed by atoms with E-state index in [1.54, 1.807) is 0 Å². The van der Waals surface area contributed by atoms with E-state index in [9.17, 15) is 65.9 Å². The first-order valence-corrected chi connectivity index (χ1v) is 11.7. The zero-order chi connectivity index (χ0) is 28.9. The molecule has 36 heavy (non-hydrogen) atoms. The fourth-order valence-corrected chi connectivity index (χ4v) is 2.53. The second-order valence-electron chi connectivity index (χ2n) is 7.06. The molecule has 0 spiro atoms. The summed E-state index contributed by atoms with van der Waals surface area (Å²) in [6.45, 7) is -16.1. The van der Waals surface area contributed by atoms with Crippen LogP contribution in [0, 0.1) is 5.41 Å². The van der Waals surface area contributed by atoms with Gasteiger partial charge in [-0.25, -0.2) is 0 Å². The molecule has 0 unspecified atom stereocenters. The molecular weight excluding hydrogens is 619 g/mol. The van der Waals surface area contributed by atoms with Crippen molar-refractivity contribution in [3.8, 4) is 0 Å². The zero-order valence-corrected chi connectivity index (χ0v) is 19.4. The highest BCUT2D eigenvalue weighted by atomic mass is 35.9. The molecule has 0 bridgehead atoms. The van der Waals surface area contributed by atoms with E-state index in [2.05, 4.69) is 18.7 Å². The van der Waals surface area contributed by atoms with Gasteiger partial charge < -0.3 is 18.7 Å². The van der Waals surface area contributed by atoms with Crippen molar-refractivity contribution in [2.75, 3.05) is 46.2 Å². The Balaban J connectivity index is 5.80. The molecule has 0 aliphatic rings. The lowest BCUT2D eigenvalue weighted by atomic mass is 9.92. The molecule has 0 rings (SSSR count). The predicted octanol–water partition coefficient (Wildman–Crippen LogP) is 7.34. The Kier molecular flexibility index (Phi) is 12.7. The minimum atomic E-state index is -6.18. The van der Waals surface area contributed by atoms with Crippen molar-refractivity contribution >= 4 is 29.3 Å². The van der Waals surface area contributed by atoms with Crippen molar-refractivity contribution in [1.29, 1.82) is 0 Å². The third kappa shape index (κ3) is 11.3. The zero-order valence-electron chi connectivity index (χ0n) is 17.0. The molecule has 0 atom stereocenters. The van der Waals surface area contributed by atoms with Crippen molar-refractivity contribution in [2.45, 2.75) is 36.3 Å². The van der Waals surface area contributed by atoms with Crippen LogP contribution in [0.1, 0.15) is 0 Å². The molecule has 22 heteroatoms. The lowest BCUT2D eigenvalue weighted by Gasteiger charge is -2.34. The lowest BCUT2D eigenvalue weighted by Crippen LogP contribution is -2.48. The third-order valence-corrected chi connectivity index (χ3v) is 4.70. The summed E-state index contributed by atoms with van der Waals surface area (Å²) in [6, 6.07) is 0. The first kappa shape index (κ1) is 35.8. The maximum absolute atomic E-state index is 13.1. The highest BCUT2D eigenvalue weighted by Crippen LogP contribution is 2.49. The van der Waals surface area contributed by atoms with Crippen LogP contribution in [-0.4, -0.2) is 82.5 Å². The Morgan fingerprint density at radius 3 is 0.861 bits per heavy atom. The summed E-state index contributed by atoms with van der Waals surface area (Å²) in [6.07, 6.45) is -18.5. The van der Waals surface area contributed by atoms with E-state index in [4.69, 9.17) is 22.5 Å². The molecule has 0 radical (unpaired) electrons. The van der Waals surface area contributed by atoms with Crippen LogP contribution in [0.15, 0.2) is 0 Å². The maximum atomic E-state index is 13.1. The van der Waals surface area contributed by atoms with Crippen molar-refractivity contribution in [3.05, 3.63) is 0 Å². The van der Waals surface area contributed by atoms with Gasteiger partial charge in [0.1, 0.15) is 19.8 Å². The maximum Gasteiger partial charge on any atom is 0.455 e. The molecule has 0 saturated heterocycles. The van der Waals surface area contributed by atoms with Gasteiger partial charge in [0.15, 0.2) is 0 Å². The molecule has 0 amide bonds. The van der Waals surface area contributed by atoms with E-state index in [-0.39, 0.29) is 0 Å². The number of rotatable bonds is 15. The summed E-state index contributed by atoms with van der Waals surface area (Å²) < 4.78 is 206. The minimum absolute atomic E-state index is 1.27. The predicted molar refractivity (Wildman–Crippen MR) is 92.5 cm³/mol. The van der Waals surface area contributed by atoms with Gasteiger partial charge in [-0.1, -0.05) is 0 Å². The van der Waals surface area contributed by atoms with Crippen LogP contribution < -0.4 is 0 Å². The topological polar surface area (TPSA) is 36.9 Å². The van der Waals surface area contributed by atoms with E-state index in [1.165, 1.54) is 0 Å². The monoisotopic (exact) mass is 632 g/mol. The molecule has 4 nitrogen and oxygen atoms in total. The molecule has 0 aliphatic heterocycles. The molecule has 0 N–H and O–H groups in total. The van der Waals surface area contributed by atoms with E-state index in [0.717, 1.165) is 0 Å². The Hall–Kier alpha value is -0.200. The van der Waals surface area contributed by atoms with Gasteiger partial charge in [-0.05, 0) is 22.5 Å². The minimum Gasteiger partial charge on any atom is -0.374 e. The van der Waals surface area contributed by atoms with Gasteiger partial charge in [0.25, 0.3) is 0 Å². The number of ether oxygens (including phenoxy) is 3.